The first-order chi connectivity index (χ1) is 12.5. The zero-order chi connectivity index (χ0) is 18.4. The van der Waals surface area contributed by atoms with E-state index in [2.05, 4.69) is 112 Å². The summed E-state index contributed by atoms with van der Waals surface area (Å²) in [5.41, 5.74) is 4.91. The van der Waals surface area contributed by atoms with Crippen molar-refractivity contribution in [1.29, 1.82) is 0 Å². The molecule has 26 heavy (non-hydrogen) atoms. The molecule has 0 heterocycles. The molecule has 0 fully saturated rings. The van der Waals surface area contributed by atoms with Gasteiger partial charge in [0.25, 0.3) is 0 Å². The second-order valence-electron chi connectivity index (χ2n) is 7.71. The van der Waals surface area contributed by atoms with Crippen molar-refractivity contribution in [3.8, 4) is 0 Å². The SMILES string of the molecule is CC(C)(C)C(=NC(Cc1ccccc1)c1ccccc1)c1ccccc1. The second kappa shape index (κ2) is 8.14. The van der Waals surface area contributed by atoms with Crippen LogP contribution < -0.4 is 0 Å². The van der Waals surface area contributed by atoms with E-state index in [4.69, 9.17) is 4.99 Å². The average molecular weight is 341 g/mol. The predicted molar refractivity (Wildman–Crippen MR) is 112 cm³/mol. The highest BCUT2D eigenvalue weighted by molar-refractivity contribution is 6.04. The average Bonchev–Trinajstić information content (AvgIpc) is 2.66. The number of hydrogen-bond acceptors (Lipinski definition) is 1. The van der Waals surface area contributed by atoms with E-state index in [1.165, 1.54) is 16.7 Å². The van der Waals surface area contributed by atoms with E-state index in [1.54, 1.807) is 0 Å². The van der Waals surface area contributed by atoms with Crippen LogP contribution in [0.5, 0.6) is 0 Å². The van der Waals surface area contributed by atoms with Crippen LogP contribution in [0.2, 0.25) is 0 Å². The zero-order valence-corrected chi connectivity index (χ0v) is 15.9. The number of hydrogen-bond donors (Lipinski definition) is 0. The number of aliphatic imine (C=N–C) groups is 1. The van der Waals surface area contributed by atoms with Gasteiger partial charge < -0.3 is 0 Å². The molecule has 0 amide bonds. The Morgan fingerprint density at radius 1 is 0.731 bits per heavy atom. The Hall–Kier alpha value is -2.67. The fraction of sp³-hybridized carbons (Fsp3) is 0.240. The standard InChI is InChI=1S/C25H27N/c1-25(2,3)24(22-17-11-6-12-18-22)26-23(21-15-9-5-10-16-21)19-20-13-7-4-8-14-20/h4-18,23H,19H2,1-3H3. The molecular weight excluding hydrogens is 314 g/mol. The molecule has 0 aliphatic carbocycles. The maximum Gasteiger partial charge on any atom is 0.0793 e. The summed E-state index contributed by atoms with van der Waals surface area (Å²) < 4.78 is 0. The van der Waals surface area contributed by atoms with Gasteiger partial charge in [0.15, 0.2) is 0 Å². The van der Waals surface area contributed by atoms with E-state index in [0.717, 1.165) is 12.1 Å². The summed E-state index contributed by atoms with van der Waals surface area (Å²) in [6.07, 6.45) is 0.900. The van der Waals surface area contributed by atoms with Crippen molar-refractivity contribution in [2.24, 2.45) is 10.4 Å². The molecule has 0 aliphatic heterocycles. The van der Waals surface area contributed by atoms with Crippen molar-refractivity contribution in [3.63, 3.8) is 0 Å². The normalized spacial score (nSPS) is 13.4. The third-order valence-corrected chi connectivity index (χ3v) is 4.50. The summed E-state index contributed by atoms with van der Waals surface area (Å²) in [7, 11) is 0. The van der Waals surface area contributed by atoms with Gasteiger partial charge in [-0.25, -0.2) is 0 Å². The topological polar surface area (TPSA) is 12.4 Å². The van der Waals surface area contributed by atoms with Crippen LogP contribution in [0.15, 0.2) is 96.0 Å². The lowest BCUT2D eigenvalue weighted by molar-refractivity contribution is 0.578. The van der Waals surface area contributed by atoms with Gasteiger partial charge in [0.2, 0.25) is 0 Å². The highest BCUT2D eigenvalue weighted by Crippen LogP contribution is 2.29. The van der Waals surface area contributed by atoms with Gasteiger partial charge in [0, 0.05) is 11.1 Å². The molecule has 132 valence electrons. The Balaban J connectivity index is 2.06. The minimum Gasteiger partial charge on any atom is -0.280 e. The zero-order valence-electron chi connectivity index (χ0n) is 15.9. The van der Waals surface area contributed by atoms with Gasteiger partial charge in [0.05, 0.1) is 6.04 Å². The Bertz CT molecular complexity index is 828. The van der Waals surface area contributed by atoms with Crippen LogP contribution in [0.3, 0.4) is 0 Å². The summed E-state index contributed by atoms with van der Waals surface area (Å²) in [5, 5.41) is 0. The lowest BCUT2D eigenvalue weighted by Gasteiger charge is -2.25. The van der Waals surface area contributed by atoms with Crippen LogP contribution in [0.25, 0.3) is 0 Å². The Morgan fingerprint density at radius 3 is 1.77 bits per heavy atom. The van der Waals surface area contributed by atoms with E-state index < -0.39 is 0 Å². The molecule has 0 aliphatic rings. The van der Waals surface area contributed by atoms with Crippen LogP contribution in [0, 0.1) is 5.41 Å². The molecular formula is C25H27N. The summed E-state index contributed by atoms with van der Waals surface area (Å²) in [5.74, 6) is 0. The van der Waals surface area contributed by atoms with Crippen LogP contribution in [0.1, 0.15) is 43.5 Å². The van der Waals surface area contributed by atoms with Crippen LogP contribution in [-0.4, -0.2) is 5.71 Å². The molecule has 1 nitrogen and oxygen atoms in total. The highest BCUT2D eigenvalue weighted by atomic mass is 14.8. The van der Waals surface area contributed by atoms with Gasteiger partial charge >= 0.3 is 0 Å². The fourth-order valence-electron chi connectivity index (χ4n) is 3.20. The third-order valence-electron chi connectivity index (χ3n) is 4.50. The predicted octanol–water partition coefficient (Wildman–Crippen LogP) is 6.51. The monoisotopic (exact) mass is 341 g/mol. The minimum absolute atomic E-state index is 0.0227. The fourth-order valence-corrected chi connectivity index (χ4v) is 3.20. The lowest BCUT2D eigenvalue weighted by atomic mass is 9.85. The lowest BCUT2D eigenvalue weighted by Crippen LogP contribution is -2.23. The molecule has 0 N–H and O–H groups in total. The summed E-state index contributed by atoms with van der Waals surface area (Å²) in [6.45, 7) is 6.72. The highest BCUT2D eigenvalue weighted by Gasteiger charge is 2.23. The van der Waals surface area contributed by atoms with Crippen LogP contribution >= 0.6 is 0 Å². The maximum atomic E-state index is 5.30. The molecule has 0 aromatic heterocycles. The van der Waals surface area contributed by atoms with Crippen LogP contribution in [0.4, 0.5) is 0 Å². The van der Waals surface area contributed by atoms with Crippen molar-refractivity contribution in [2.45, 2.75) is 33.2 Å². The number of benzene rings is 3. The molecule has 3 aromatic carbocycles. The van der Waals surface area contributed by atoms with Gasteiger partial charge in [0.1, 0.15) is 0 Å². The van der Waals surface area contributed by atoms with Gasteiger partial charge in [-0.1, -0.05) is 112 Å². The quantitative estimate of drug-likeness (QED) is 0.469. The number of nitrogens with zero attached hydrogens (tertiary/aromatic N) is 1. The number of rotatable bonds is 5. The van der Waals surface area contributed by atoms with E-state index in [1.807, 2.05) is 0 Å². The Morgan fingerprint density at radius 2 is 1.23 bits per heavy atom. The van der Waals surface area contributed by atoms with Crippen molar-refractivity contribution in [2.75, 3.05) is 0 Å². The first-order valence-electron chi connectivity index (χ1n) is 9.26. The van der Waals surface area contributed by atoms with Gasteiger partial charge in [-0.15, -0.1) is 0 Å². The molecule has 0 saturated heterocycles. The van der Waals surface area contributed by atoms with Crippen molar-refractivity contribution in [3.05, 3.63) is 108 Å². The molecule has 1 heteroatoms. The summed E-state index contributed by atoms with van der Waals surface area (Å²) in [6, 6.07) is 31.9. The van der Waals surface area contributed by atoms with Gasteiger partial charge in [-0.2, -0.15) is 0 Å². The van der Waals surface area contributed by atoms with Gasteiger partial charge in [-0.3, -0.25) is 4.99 Å². The third kappa shape index (κ3) is 4.70. The molecule has 0 radical (unpaired) electrons. The van der Waals surface area contributed by atoms with Crippen molar-refractivity contribution in [1.82, 2.24) is 0 Å². The second-order valence-corrected chi connectivity index (χ2v) is 7.71. The Kier molecular flexibility index (Phi) is 5.68. The van der Waals surface area contributed by atoms with E-state index in [9.17, 15) is 0 Å². The molecule has 1 atom stereocenters. The smallest absolute Gasteiger partial charge is 0.0793 e. The molecule has 0 bridgehead atoms. The molecule has 3 aromatic rings. The van der Waals surface area contributed by atoms with E-state index >= 15 is 0 Å². The largest absolute Gasteiger partial charge is 0.280 e. The summed E-state index contributed by atoms with van der Waals surface area (Å²) in [4.78, 5) is 5.30. The molecule has 1 unspecified atom stereocenters. The first kappa shape index (κ1) is 18.1. The molecule has 0 saturated carbocycles. The molecule has 0 spiro atoms. The van der Waals surface area contributed by atoms with Gasteiger partial charge in [-0.05, 0) is 23.1 Å². The van der Waals surface area contributed by atoms with E-state index in [0.29, 0.717) is 0 Å². The Labute approximate surface area is 157 Å². The minimum atomic E-state index is -0.0227. The van der Waals surface area contributed by atoms with Crippen molar-refractivity contribution < 1.29 is 0 Å². The molecule has 3 rings (SSSR count). The first-order valence-corrected chi connectivity index (χ1v) is 9.26. The summed E-state index contributed by atoms with van der Waals surface area (Å²) >= 11 is 0. The van der Waals surface area contributed by atoms with E-state index in [-0.39, 0.29) is 11.5 Å². The maximum absolute atomic E-state index is 5.30. The van der Waals surface area contributed by atoms with Crippen molar-refractivity contribution >= 4 is 5.71 Å². The van der Waals surface area contributed by atoms with Crippen LogP contribution in [-0.2, 0) is 6.42 Å².